The molecular weight excluding hydrogens is 453 g/mol. The fourth-order valence-corrected chi connectivity index (χ4v) is 4.42. The number of carbonyl (C=O) groups is 1. The van der Waals surface area contributed by atoms with Crippen LogP contribution in [0.25, 0.3) is 5.69 Å². The Morgan fingerprint density at radius 2 is 1.97 bits per heavy atom. The number of hydrogen-bond donors (Lipinski definition) is 1. The molecule has 2 atom stereocenters. The van der Waals surface area contributed by atoms with Crippen molar-refractivity contribution in [2.24, 2.45) is 5.92 Å². The van der Waals surface area contributed by atoms with Crippen LogP contribution >= 0.6 is 0 Å². The third-order valence-corrected chi connectivity index (χ3v) is 6.24. The summed E-state index contributed by atoms with van der Waals surface area (Å²) in [5, 5.41) is 6.93. The largest absolute Gasteiger partial charge is 0.416 e. The molecule has 1 aromatic carbocycles. The first kappa shape index (κ1) is 24.4. The summed E-state index contributed by atoms with van der Waals surface area (Å²) in [7, 11) is 0. The number of hydrogen-bond acceptors (Lipinski definition) is 6. The van der Waals surface area contributed by atoms with E-state index in [1.807, 2.05) is 0 Å². The number of alkyl halides is 3. The van der Waals surface area contributed by atoms with Gasteiger partial charge >= 0.3 is 6.18 Å². The topological polar surface area (TPSA) is 85.7 Å². The van der Waals surface area contributed by atoms with Gasteiger partial charge in [-0.1, -0.05) is 6.07 Å². The van der Waals surface area contributed by atoms with Crippen LogP contribution in [-0.4, -0.2) is 72.7 Å². The molecule has 2 unspecified atom stereocenters. The number of aromatic nitrogens is 2. The van der Waals surface area contributed by atoms with Gasteiger partial charge in [0.15, 0.2) is 5.69 Å². The maximum absolute atomic E-state index is 13.1. The Morgan fingerprint density at radius 3 is 2.65 bits per heavy atom. The van der Waals surface area contributed by atoms with Gasteiger partial charge < -0.3 is 14.8 Å². The monoisotopic (exact) mass is 480 g/mol. The Morgan fingerprint density at radius 1 is 1.21 bits per heavy atom. The first-order valence-electron chi connectivity index (χ1n) is 11.2. The van der Waals surface area contributed by atoms with Gasteiger partial charge in [-0.3, -0.25) is 14.5 Å². The molecule has 11 heteroatoms. The minimum absolute atomic E-state index is 0.0199. The van der Waals surface area contributed by atoms with E-state index >= 15 is 0 Å². The lowest BCUT2D eigenvalue weighted by atomic mass is 9.97. The molecule has 0 spiro atoms. The van der Waals surface area contributed by atoms with Gasteiger partial charge in [-0.05, 0) is 31.5 Å². The molecule has 1 amide bonds. The van der Waals surface area contributed by atoms with Gasteiger partial charge in [0, 0.05) is 50.0 Å². The average Bonchev–Trinajstić information content (AvgIpc) is 3.34. The molecule has 3 heterocycles. The summed E-state index contributed by atoms with van der Waals surface area (Å²) in [5.74, 6) is -0.422. The van der Waals surface area contributed by atoms with E-state index in [-0.39, 0.29) is 23.3 Å². The quantitative estimate of drug-likeness (QED) is 0.681. The molecule has 0 bridgehead atoms. The highest BCUT2D eigenvalue weighted by Crippen LogP contribution is 2.30. The fourth-order valence-electron chi connectivity index (χ4n) is 4.42. The van der Waals surface area contributed by atoms with E-state index in [4.69, 9.17) is 9.47 Å². The van der Waals surface area contributed by atoms with Crippen LogP contribution in [0, 0.1) is 12.8 Å². The number of aryl methyl sites for hydroxylation is 1. The fraction of sp³-hybridized carbons (Fsp3) is 0.522. The van der Waals surface area contributed by atoms with E-state index in [1.165, 1.54) is 22.9 Å². The second-order valence-corrected chi connectivity index (χ2v) is 8.51. The summed E-state index contributed by atoms with van der Waals surface area (Å²) < 4.78 is 51.6. The molecule has 2 aliphatic rings. The Hall–Kier alpha value is -2.76. The van der Waals surface area contributed by atoms with Crippen LogP contribution in [0.5, 0.6) is 0 Å². The number of benzene rings is 1. The van der Waals surface area contributed by atoms with Gasteiger partial charge in [0.05, 0.1) is 31.1 Å². The lowest BCUT2D eigenvalue weighted by molar-refractivity contribution is -0.137. The number of nitrogens with one attached hydrogen (secondary N) is 1. The highest BCUT2D eigenvalue weighted by Gasteiger charge is 2.33. The summed E-state index contributed by atoms with van der Waals surface area (Å²) in [4.78, 5) is 27.7. The van der Waals surface area contributed by atoms with Crippen LogP contribution in [0.1, 0.15) is 28.2 Å². The van der Waals surface area contributed by atoms with E-state index in [2.05, 4.69) is 15.3 Å². The summed E-state index contributed by atoms with van der Waals surface area (Å²) >= 11 is 0. The summed E-state index contributed by atoms with van der Waals surface area (Å²) in [6.45, 7) is 5.81. The van der Waals surface area contributed by atoms with E-state index in [0.29, 0.717) is 38.7 Å². The van der Waals surface area contributed by atoms with Crippen molar-refractivity contribution in [3.63, 3.8) is 0 Å². The molecule has 0 saturated carbocycles. The van der Waals surface area contributed by atoms with Crippen LogP contribution < -0.4 is 10.7 Å². The van der Waals surface area contributed by atoms with Crippen LogP contribution in [0.2, 0.25) is 0 Å². The predicted molar refractivity (Wildman–Crippen MR) is 117 cm³/mol. The molecule has 1 aromatic heterocycles. The number of morpholine rings is 1. The van der Waals surface area contributed by atoms with Crippen molar-refractivity contribution >= 4 is 5.91 Å². The third-order valence-electron chi connectivity index (χ3n) is 6.24. The maximum atomic E-state index is 13.1. The van der Waals surface area contributed by atoms with Gasteiger partial charge in [-0.25, -0.2) is 4.68 Å². The van der Waals surface area contributed by atoms with Crippen molar-refractivity contribution in [3.05, 3.63) is 57.5 Å². The van der Waals surface area contributed by atoms with Gasteiger partial charge in [-0.2, -0.15) is 18.3 Å². The number of amides is 1. The Labute approximate surface area is 194 Å². The standard InChI is InChI=1S/C23H27F3N4O4/c1-15-11-20(31)21(28-30(15)18-4-2-3-17(12-18)23(24,25)26)22(32)27-13-19(16-5-8-34-14-16)29-6-9-33-10-7-29/h2-4,11-12,16,19H,5-10,13-14H2,1H3,(H,27,32). The zero-order valence-electron chi connectivity index (χ0n) is 18.8. The molecule has 34 heavy (non-hydrogen) atoms. The Bertz CT molecular complexity index is 1080. The first-order chi connectivity index (χ1) is 16.2. The van der Waals surface area contributed by atoms with Crippen LogP contribution in [0.15, 0.2) is 35.1 Å². The number of carbonyl (C=O) groups excluding carboxylic acids is 1. The predicted octanol–water partition coefficient (Wildman–Crippen LogP) is 2.03. The van der Waals surface area contributed by atoms with E-state index < -0.39 is 23.1 Å². The molecular formula is C23H27F3N4O4. The normalized spacial score (nSPS) is 20.3. The molecule has 1 N–H and O–H groups in total. The number of halogens is 3. The van der Waals surface area contributed by atoms with Crippen LogP contribution in [0.4, 0.5) is 13.2 Å². The van der Waals surface area contributed by atoms with Gasteiger partial charge in [0.25, 0.3) is 5.91 Å². The average molecular weight is 480 g/mol. The molecule has 2 aromatic rings. The van der Waals surface area contributed by atoms with Crippen molar-refractivity contribution < 1.29 is 27.4 Å². The first-order valence-corrected chi connectivity index (χ1v) is 11.2. The second-order valence-electron chi connectivity index (χ2n) is 8.51. The molecule has 2 fully saturated rings. The summed E-state index contributed by atoms with van der Waals surface area (Å²) in [6, 6.07) is 5.80. The van der Waals surface area contributed by atoms with Crippen LogP contribution in [0.3, 0.4) is 0 Å². The smallest absolute Gasteiger partial charge is 0.381 e. The summed E-state index contributed by atoms with van der Waals surface area (Å²) in [5.41, 5.74) is -1.38. The lowest BCUT2D eigenvalue weighted by Gasteiger charge is -2.37. The molecule has 184 valence electrons. The van der Waals surface area contributed by atoms with E-state index in [1.54, 1.807) is 6.92 Å². The molecule has 0 radical (unpaired) electrons. The molecule has 4 rings (SSSR count). The van der Waals surface area contributed by atoms with Crippen molar-refractivity contribution in [2.75, 3.05) is 46.1 Å². The van der Waals surface area contributed by atoms with Crippen LogP contribution in [-0.2, 0) is 15.7 Å². The molecule has 8 nitrogen and oxygen atoms in total. The maximum Gasteiger partial charge on any atom is 0.416 e. The minimum atomic E-state index is -4.53. The Kier molecular flexibility index (Phi) is 7.34. The highest BCUT2D eigenvalue weighted by atomic mass is 19.4. The lowest BCUT2D eigenvalue weighted by Crippen LogP contribution is -2.52. The van der Waals surface area contributed by atoms with Crippen molar-refractivity contribution in [3.8, 4) is 5.69 Å². The van der Waals surface area contributed by atoms with Gasteiger partial charge in [-0.15, -0.1) is 0 Å². The van der Waals surface area contributed by atoms with Crippen molar-refractivity contribution in [1.29, 1.82) is 0 Å². The second kappa shape index (κ2) is 10.2. The SMILES string of the molecule is Cc1cc(=O)c(C(=O)NCC(C2CCOC2)N2CCOCC2)nn1-c1cccc(C(F)(F)F)c1. The van der Waals surface area contributed by atoms with Gasteiger partial charge in [0.1, 0.15) is 0 Å². The number of ether oxygens (including phenoxy) is 2. The number of rotatable bonds is 6. The van der Waals surface area contributed by atoms with Gasteiger partial charge in [0.2, 0.25) is 5.43 Å². The highest BCUT2D eigenvalue weighted by molar-refractivity contribution is 5.92. The zero-order valence-corrected chi connectivity index (χ0v) is 18.8. The number of nitrogens with zero attached hydrogens (tertiary/aromatic N) is 3. The Balaban J connectivity index is 1.55. The van der Waals surface area contributed by atoms with E-state index in [9.17, 15) is 22.8 Å². The summed E-state index contributed by atoms with van der Waals surface area (Å²) in [6.07, 6.45) is -3.65. The van der Waals surface area contributed by atoms with Crippen molar-refractivity contribution in [2.45, 2.75) is 25.6 Å². The molecule has 0 aliphatic carbocycles. The molecule has 2 saturated heterocycles. The third kappa shape index (κ3) is 5.48. The minimum Gasteiger partial charge on any atom is -0.381 e. The van der Waals surface area contributed by atoms with E-state index in [0.717, 1.165) is 31.6 Å². The molecule has 2 aliphatic heterocycles. The van der Waals surface area contributed by atoms with Crippen molar-refractivity contribution in [1.82, 2.24) is 20.0 Å². The zero-order chi connectivity index (χ0) is 24.3.